The normalized spacial score (nSPS) is 17.5. The van der Waals surface area contributed by atoms with E-state index in [1.807, 2.05) is 10.3 Å². The first kappa shape index (κ1) is 23.7. The molecule has 4 heterocycles. The molecule has 2 saturated heterocycles. The molecule has 2 aliphatic heterocycles. The van der Waals surface area contributed by atoms with E-state index in [0.717, 1.165) is 31.5 Å². The Bertz CT molecular complexity index is 1270. The number of benzene rings is 1. The Morgan fingerprint density at radius 1 is 0.971 bits per heavy atom. The van der Waals surface area contributed by atoms with Crippen molar-refractivity contribution in [3.05, 3.63) is 52.1 Å². The number of aromatic nitrogens is 2. The summed E-state index contributed by atoms with van der Waals surface area (Å²) < 4.78 is 14.7. The zero-order valence-corrected chi connectivity index (χ0v) is 20.4. The van der Waals surface area contributed by atoms with E-state index in [1.165, 1.54) is 47.2 Å². The number of piperidine rings is 1. The van der Waals surface area contributed by atoms with Gasteiger partial charge in [0.1, 0.15) is 17.2 Å². The van der Waals surface area contributed by atoms with Crippen LogP contribution in [0.1, 0.15) is 38.5 Å². The summed E-state index contributed by atoms with van der Waals surface area (Å²) in [6.07, 6.45) is 7.26. The third-order valence-electron chi connectivity index (χ3n) is 7.14. The third kappa shape index (κ3) is 5.00. The van der Waals surface area contributed by atoms with Crippen molar-refractivity contribution in [1.82, 2.24) is 19.4 Å². The van der Waals surface area contributed by atoms with Crippen molar-refractivity contribution in [1.29, 1.82) is 0 Å². The Morgan fingerprint density at radius 2 is 1.66 bits per heavy atom. The number of halogens is 1. The predicted octanol–water partition coefficient (Wildman–Crippen LogP) is 3.91. The maximum absolute atomic E-state index is 13.3. The average molecular weight is 497 g/mol. The largest absolute Gasteiger partial charge is 0.342 e. The molecule has 0 saturated carbocycles. The highest BCUT2D eigenvalue weighted by Crippen LogP contribution is 2.30. The Labute approximate surface area is 207 Å². The van der Waals surface area contributed by atoms with Gasteiger partial charge < -0.3 is 9.80 Å². The van der Waals surface area contributed by atoms with Gasteiger partial charge in [-0.2, -0.15) is 0 Å². The molecular formula is C26H29FN4O3S. The van der Waals surface area contributed by atoms with Crippen LogP contribution < -0.4 is 5.56 Å². The van der Waals surface area contributed by atoms with E-state index in [-0.39, 0.29) is 35.7 Å². The second-order valence-electron chi connectivity index (χ2n) is 9.41. The molecule has 0 atom stereocenters. The first-order valence-electron chi connectivity index (χ1n) is 12.3. The number of hydrogen-bond donors (Lipinski definition) is 0. The van der Waals surface area contributed by atoms with E-state index < -0.39 is 0 Å². The zero-order chi connectivity index (χ0) is 24.4. The van der Waals surface area contributed by atoms with Gasteiger partial charge in [0.05, 0.1) is 11.7 Å². The van der Waals surface area contributed by atoms with Crippen molar-refractivity contribution in [2.24, 2.45) is 5.92 Å². The van der Waals surface area contributed by atoms with E-state index in [2.05, 4.69) is 4.98 Å². The number of carbonyl (C=O) groups excluding carboxylic acids is 2. The number of fused-ring (bicyclic) bond motifs is 1. The number of thiophene rings is 1. The van der Waals surface area contributed by atoms with Gasteiger partial charge in [0.25, 0.3) is 5.56 Å². The van der Waals surface area contributed by atoms with Crippen LogP contribution in [0.4, 0.5) is 4.39 Å². The van der Waals surface area contributed by atoms with Crippen LogP contribution in [0.25, 0.3) is 21.3 Å². The van der Waals surface area contributed by atoms with Crippen molar-refractivity contribution in [3.63, 3.8) is 0 Å². The molecule has 184 valence electrons. The molecule has 0 bridgehead atoms. The van der Waals surface area contributed by atoms with Crippen molar-refractivity contribution in [3.8, 4) is 11.1 Å². The Morgan fingerprint density at radius 3 is 2.34 bits per heavy atom. The van der Waals surface area contributed by atoms with Gasteiger partial charge in [-0.05, 0) is 43.4 Å². The third-order valence-corrected chi connectivity index (χ3v) is 8.02. The van der Waals surface area contributed by atoms with Crippen LogP contribution in [0.15, 0.2) is 40.8 Å². The molecule has 1 aromatic carbocycles. The first-order valence-corrected chi connectivity index (χ1v) is 13.2. The fourth-order valence-electron chi connectivity index (χ4n) is 5.09. The van der Waals surface area contributed by atoms with Crippen molar-refractivity contribution >= 4 is 33.4 Å². The smallest absolute Gasteiger partial charge is 0.263 e. The van der Waals surface area contributed by atoms with Crippen LogP contribution >= 0.6 is 11.3 Å². The highest BCUT2D eigenvalue weighted by atomic mass is 32.1. The summed E-state index contributed by atoms with van der Waals surface area (Å²) in [4.78, 5) is 47.9. The molecule has 0 unspecified atom stereocenters. The summed E-state index contributed by atoms with van der Waals surface area (Å²) in [5.41, 5.74) is 1.14. The van der Waals surface area contributed by atoms with E-state index >= 15 is 0 Å². The molecule has 35 heavy (non-hydrogen) atoms. The highest BCUT2D eigenvalue weighted by Gasteiger charge is 2.30. The summed E-state index contributed by atoms with van der Waals surface area (Å²) >= 11 is 1.35. The molecule has 2 amide bonds. The minimum atomic E-state index is -0.341. The SMILES string of the molecule is O=C(Cn1cnc2scc(-c3ccc(F)cc3)c2c1=O)N1CCC(C(=O)N2CCCCCC2)CC1. The number of likely N-dealkylation sites (tertiary alicyclic amines) is 2. The fourth-order valence-corrected chi connectivity index (χ4v) is 6.00. The second-order valence-corrected chi connectivity index (χ2v) is 10.3. The quantitative estimate of drug-likeness (QED) is 0.549. The zero-order valence-electron chi connectivity index (χ0n) is 19.6. The van der Waals surface area contributed by atoms with Gasteiger partial charge in [-0.3, -0.25) is 19.0 Å². The minimum absolute atomic E-state index is 0.0260. The summed E-state index contributed by atoms with van der Waals surface area (Å²) in [6.45, 7) is 2.64. The molecule has 2 fully saturated rings. The van der Waals surface area contributed by atoms with Gasteiger partial charge in [-0.25, -0.2) is 9.37 Å². The van der Waals surface area contributed by atoms with Gasteiger partial charge in [0.15, 0.2) is 0 Å². The van der Waals surface area contributed by atoms with E-state index in [0.29, 0.717) is 41.7 Å². The van der Waals surface area contributed by atoms with Crippen LogP contribution in [0, 0.1) is 11.7 Å². The van der Waals surface area contributed by atoms with E-state index in [4.69, 9.17) is 0 Å². The Kier molecular flexibility index (Phi) is 6.95. The molecule has 2 aliphatic rings. The summed E-state index contributed by atoms with van der Waals surface area (Å²) in [5, 5.41) is 2.28. The number of nitrogens with zero attached hydrogens (tertiary/aromatic N) is 4. The maximum Gasteiger partial charge on any atom is 0.263 e. The minimum Gasteiger partial charge on any atom is -0.342 e. The van der Waals surface area contributed by atoms with Crippen LogP contribution in [0.2, 0.25) is 0 Å². The maximum atomic E-state index is 13.3. The number of carbonyl (C=O) groups is 2. The van der Waals surface area contributed by atoms with Gasteiger partial charge in [0, 0.05) is 43.0 Å². The van der Waals surface area contributed by atoms with Crippen LogP contribution in [0.5, 0.6) is 0 Å². The molecule has 7 nitrogen and oxygen atoms in total. The molecular weight excluding hydrogens is 467 g/mol. The van der Waals surface area contributed by atoms with Crippen LogP contribution in [-0.2, 0) is 16.1 Å². The van der Waals surface area contributed by atoms with Gasteiger partial charge in [-0.15, -0.1) is 11.3 Å². The lowest BCUT2D eigenvalue weighted by Crippen LogP contribution is -2.46. The fraction of sp³-hybridized carbons (Fsp3) is 0.462. The average Bonchev–Trinajstić information content (AvgIpc) is 3.12. The second kappa shape index (κ2) is 10.3. The van der Waals surface area contributed by atoms with Crippen molar-refractivity contribution in [2.45, 2.75) is 45.1 Å². The summed E-state index contributed by atoms with van der Waals surface area (Å²) in [5.74, 6) is -0.281. The van der Waals surface area contributed by atoms with Gasteiger partial charge in [-0.1, -0.05) is 25.0 Å². The lowest BCUT2D eigenvalue weighted by molar-refractivity contribution is -0.141. The summed E-state index contributed by atoms with van der Waals surface area (Å²) in [7, 11) is 0. The Hall–Kier alpha value is -3.07. The lowest BCUT2D eigenvalue weighted by Gasteiger charge is -2.34. The van der Waals surface area contributed by atoms with Crippen molar-refractivity contribution < 1.29 is 14.0 Å². The number of hydrogen-bond acceptors (Lipinski definition) is 5. The number of amides is 2. The lowest BCUT2D eigenvalue weighted by atomic mass is 9.95. The van der Waals surface area contributed by atoms with E-state index in [9.17, 15) is 18.8 Å². The highest BCUT2D eigenvalue weighted by molar-refractivity contribution is 7.17. The Balaban J connectivity index is 1.26. The monoisotopic (exact) mass is 496 g/mol. The molecule has 0 N–H and O–H groups in total. The van der Waals surface area contributed by atoms with Crippen LogP contribution in [0.3, 0.4) is 0 Å². The molecule has 0 radical (unpaired) electrons. The van der Waals surface area contributed by atoms with E-state index in [1.54, 1.807) is 17.0 Å². The summed E-state index contributed by atoms with van der Waals surface area (Å²) in [6, 6.07) is 5.99. The molecule has 9 heteroatoms. The number of rotatable bonds is 4. The topological polar surface area (TPSA) is 75.5 Å². The molecule has 0 spiro atoms. The predicted molar refractivity (Wildman–Crippen MR) is 134 cm³/mol. The van der Waals surface area contributed by atoms with Gasteiger partial charge >= 0.3 is 0 Å². The molecule has 5 rings (SSSR count). The standard InChI is InChI=1S/C26H29FN4O3S/c27-20-7-5-18(6-8-20)21-16-35-24-23(21)26(34)31(17-28-24)15-22(32)29-13-9-19(10-14-29)25(33)30-11-3-1-2-4-12-30/h5-8,16-17,19H,1-4,9-15H2. The molecule has 3 aromatic rings. The van der Waals surface area contributed by atoms with Crippen molar-refractivity contribution in [2.75, 3.05) is 26.2 Å². The van der Waals surface area contributed by atoms with Crippen LogP contribution in [-0.4, -0.2) is 57.3 Å². The molecule has 0 aliphatic carbocycles. The van der Waals surface area contributed by atoms with Gasteiger partial charge in [0.2, 0.25) is 11.8 Å². The molecule has 2 aromatic heterocycles. The first-order chi connectivity index (χ1) is 17.0.